The molecule has 0 bridgehead atoms. The largest absolute Gasteiger partial charge is 0.398 e. The summed E-state index contributed by atoms with van der Waals surface area (Å²) in [6.07, 6.45) is 1.66. The summed E-state index contributed by atoms with van der Waals surface area (Å²) in [5.74, 6) is 0. The molecule has 1 fully saturated rings. The van der Waals surface area contributed by atoms with Crippen LogP contribution in [0.2, 0.25) is 0 Å². The molecule has 1 aliphatic heterocycles. The molecule has 0 saturated carbocycles. The van der Waals surface area contributed by atoms with Crippen molar-refractivity contribution in [3.63, 3.8) is 0 Å². The highest BCUT2D eigenvalue weighted by atomic mass is 16.5. The van der Waals surface area contributed by atoms with Crippen LogP contribution in [0.4, 0.5) is 5.69 Å². The fourth-order valence-corrected chi connectivity index (χ4v) is 1.19. The summed E-state index contributed by atoms with van der Waals surface area (Å²) >= 11 is 0. The van der Waals surface area contributed by atoms with Crippen LogP contribution in [0.25, 0.3) is 0 Å². The number of anilines is 1. The lowest BCUT2D eigenvalue weighted by molar-refractivity contribution is -0.0247. The molecule has 0 atom stereocenters. The number of pyridine rings is 1. The normalized spacial score (nSPS) is 17.3. The lowest BCUT2D eigenvalue weighted by Gasteiger charge is -2.27. The van der Waals surface area contributed by atoms with Gasteiger partial charge in [0, 0.05) is 18.0 Å². The quantitative estimate of drug-likeness (QED) is 0.639. The van der Waals surface area contributed by atoms with Crippen molar-refractivity contribution in [2.45, 2.75) is 6.04 Å². The first-order valence-electron chi connectivity index (χ1n) is 3.83. The minimum absolute atomic E-state index is 0.0162. The number of aromatic nitrogens is 1. The number of nitrogens with two attached hydrogens (primary N) is 1. The summed E-state index contributed by atoms with van der Waals surface area (Å²) in [5, 5.41) is 0. The van der Waals surface area contributed by atoms with Gasteiger partial charge < -0.3 is 15.0 Å². The van der Waals surface area contributed by atoms with Crippen molar-refractivity contribution in [1.29, 1.82) is 0 Å². The molecule has 1 aromatic rings. The molecule has 4 heteroatoms. The molecule has 0 unspecified atom stereocenters. The molecule has 0 spiro atoms. The maximum atomic E-state index is 11.3. The van der Waals surface area contributed by atoms with Crippen LogP contribution < -0.4 is 11.3 Å². The van der Waals surface area contributed by atoms with E-state index in [0.29, 0.717) is 18.9 Å². The van der Waals surface area contributed by atoms with Crippen LogP contribution in [0, 0.1) is 0 Å². The van der Waals surface area contributed by atoms with Crippen molar-refractivity contribution < 1.29 is 4.74 Å². The van der Waals surface area contributed by atoms with Crippen molar-refractivity contribution in [1.82, 2.24) is 4.57 Å². The Morgan fingerprint density at radius 1 is 1.50 bits per heavy atom. The average Bonchev–Trinajstić information content (AvgIpc) is 1.93. The van der Waals surface area contributed by atoms with E-state index in [-0.39, 0.29) is 11.6 Å². The number of ether oxygens (including phenoxy) is 1. The smallest absolute Gasteiger partial charge is 0.251 e. The summed E-state index contributed by atoms with van der Waals surface area (Å²) in [4.78, 5) is 11.3. The van der Waals surface area contributed by atoms with E-state index in [1.54, 1.807) is 16.8 Å². The number of nitrogen functional groups attached to an aromatic ring is 1. The highest BCUT2D eigenvalue weighted by Gasteiger charge is 2.20. The van der Waals surface area contributed by atoms with Crippen molar-refractivity contribution in [3.05, 3.63) is 28.7 Å². The Morgan fingerprint density at radius 2 is 2.25 bits per heavy atom. The third-order valence-corrected chi connectivity index (χ3v) is 1.97. The first-order chi connectivity index (χ1) is 5.77. The van der Waals surface area contributed by atoms with Gasteiger partial charge in [-0.25, -0.2) is 0 Å². The molecule has 4 nitrogen and oxygen atoms in total. The van der Waals surface area contributed by atoms with E-state index in [9.17, 15) is 4.79 Å². The molecular weight excluding hydrogens is 156 g/mol. The van der Waals surface area contributed by atoms with Crippen LogP contribution in [0.15, 0.2) is 23.1 Å². The molecular formula is C8H10N2O2. The van der Waals surface area contributed by atoms with Gasteiger partial charge in [-0.05, 0) is 6.07 Å². The minimum Gasteiger partial charge on any atom is -0.398 e. The molecule has 1 aliphatic rings. The Morgan fingerprint density at radius 3 is 2.83 bits per heavy atom. The predicted molar refractivity (Wildman–Crippen MR) is 45.0 cm³/mol. The molecule has 0 amide bonds. The predicted octanol–water partition coefficient (Wildman–Crippen LogP) is 0.00180. The van der Waals surface area contributed by atoms with E-state index >= 15 is 0 Å². The molecule has 64 valence electrons. The van der Waals surface area contributed by atoms with Gasteiger partial charge in [-0.15, -0.1) is 0 Å². The van der Waals surface area contributed by atoms with Gasteiger partial charge >= 0.3 is 0 Å². The van der Waals surface area contributed by atoms with E-state index in [1.165, 1.54) is 6.07 Å². The molecule has 2 N–H and O–H groups in total. The molecule has 2 heterocycles. The average molecular weight is 166 g/mol. The fraction of sp³-hybridized carbons (Fsp3) is 0.375. The van der Waals surface area contributed by atoms with Gasteiger partial charge in [-0.1, -0.05) is 0 Å². The van der Waals surface area contributed by atoms with Gasteiger partial charge in [0.1, 0.15) is 0 Å². The molecule has 1 saturated heterocycles. The van der Waals surface area contributed by atoms with E-state index < -0.39 is 0 Å². The first kappa shape index (κ1) is 7.36. The zero-order valence-corrected chi connectivity index (χ0v) is 6.56. The van der Waals surface area contributed by atoms with Crippen molar-refractivity contribution in [2.75, 3.05) is 18.9 Å². The Balaban J connectivity index is 2.40. The monoisotopic (exact) mass is 166 g/mol. The first-order valence-corrected chi connectivity index (χ1v) is 3.83. The van der Waals surface area contributed by atoms with Crippen LogP contribution in [0.3, 0.4) is 0 Å². The van der Waals surface area contributed by atoms with Crippen LogP contribution in [0.1, 0.15) is 6.04 Å². The topological polar surface area (TPSA) is 57.2 Å². The highest BCUT2D eigenvalue weighted by molar-refractivity contribution is 5.33. The maximum Gasteiger partial charge on any atom is 0.251 e. The Kier molecular flexibility index (Phi) is 1.62. The third-order valence-electron chi connectivity index (χ3n) is 1.97. The molecule has 0 aliphatic carbocycles. The molecule has 0 radical (unpaired) electrons. The number of hydrogen-bond acceptors (Lipinski definition) is 3. The van der Waals surface area contributed by atoms with Crippen LogP contribution in [-0.4, -0.2) is 17.8 Å². The highest BCUT2D eigenvalue weighted by Crippen LogP contribution is 2.15. The number of nitrogens with zero attached hydrogens (tertiary/aromatic N) is 1. The van der Waals surface area contributed by atoms with Crippen LogP contribution in [0.5, 0.6) is 0 Å². The lowest BCUT2D eigenvalue weighted by atomic mass is 10.2. The third kappa shape index (κ3) is 1.10. The maximum absolute atomic E-state index is 11.3. The molecule has 2 rings (SSSR count). The van der Waals surface area contributed by atoms with Gasteiger partial charge in [0.2, 0.25) is 0 Å². The van der Waals surface area contributed by atoms with Crippen molar-refractivity contribution >= 4 is 5.69 Å². The van der Waals surface area contributed by atoms with Gasteiger partial charge in [-0.2, -0.15) is 0 Å². The van der Waals surface area contributed by atoms with E-state index in [0.717, 1.165) is 0 Å². The number of rotatable bonds is 1. The second kappa shape index (κ2) is 2.64. The zero-order valence-electron chi connectivity index (χ0n) is 6.56. The van der Waals surface area contributed by atoms with Crippen molar-refractivity contribution in [3.8, 4) is 0 Å². The lowest BCUT2D eigenvalue weighted by Crippen LogP contribution is -2.36. The van der Waals surface area contributed by atoms with Gasteiger partial charge in [0.05, 0.1) is 19.3 Å². The van der Waals surface area contributed by atoms with E-state index in [4.69, 9.17) is 10.5 Å². The van der Waals surface area contributed by atoms with Crippen LogP contribution in [-0.2, 0) is 4.74 Å². The van der Waals surface area contributed by atoms with Crippen LogP contribution >= 0.6 is 0 Å². The molecule has 12 heavy (non-hydrogen) atoms. The Hall–Kier alpha value is -1.29. The Labute approximate surface area is 69.6 Å². The summed E-state index contributed by atoms with van der Waals surface area (Å²) in [5.41, 5.74) is 6.14. The summed E-state index contributed by atoms with van der Waals surface area (Å²) < 4.78 is 6.61. The second-order valence-corrected chi connectivity index (χ2v) is 2.90. The van der Waals surface area contributed by atoms with Gasteiger partial charge in [0.15, 0.2) is 0 Å². The standard InChI is InChI=1S/C8H10N2O2/c9-6-1-2-8(11)10(3-6)7-4-12-5-7/h1-3,7H,4-5,9H2. The fourth-order valence-electron chi connectivity index (χ4n) is 1.19. The van der Waals surface area contributed by atoms with Crippen molar-refractivity contribution in [2.24, 2.45) is 0 Å². The minimum atomic E-state index is -0.0162. The Bertz CT molecular complexity index is 341. The number of hydrogen-bond donors (Lipinski definition) is 1. The van der Waals surface area contributed by atoms with Gasteiger partial charge in [-0.3, -0.25) is 4.79 Å². The SMILES string of the molecule is Nc1ccc(=O)n(C2COC2)c1. The molecule has 0 aromatic carbocycles. The molecule has 1 aromatic heterocycles. The summed E-state index contributed by atoms with van der Waals surface area (Å²) in [7, 11) is 0. The summed E-state index contributed by atoms with van der Waals surface area (Å²) in [6, 6.07) is 3.27. The van der Waals surface area contributed by atoms with Gasteiger partial charge in [0.25, 0.3) is 5.56 Å². The summed E-state index contributed by atoms with van der Waals surface area (Å²) in [6.45, 7) is 1.23. The zero-order chi connectivity index (χ0) is 8.55. The second-order valence-electron chi connectivity index (χ2n) is 2.90. The van der Waals surface area contributed by atoms with E-state index in [2.05, 4.69) is 0 Å². The van der Waals surface area contributed by atoms with E-state index in [1.807, 2.05) is 0 Å².